The van der Waals surface area contributed by atoms with Gasteiger partial charge < -0.3 is 149 Å². The van der Waals surface area contributed by atoms with Crippen molar-refractivity contribution in [3.05, 3.63) is 0 Å². The molecule has 0 saturated carbocycles. The van der Waals surface area contributed by atoms with Crippen LogP contribution in [0.4, 0.5) is 0 Å². The number of nitrogens with one attached hydrogen (secondary N) is 13. The van der Waals surface area contributed by atoms with Crippen molar-refractivity contribution >= 4 is 124 Å². The predicted octanol–water partition coefficient (Wildman–Crippen LogP) is -10.2. The first-order valence-corrected chi connectivity index (χ1v) is 39.5. The lowest BCUT2D eigenvalue weighted by Gasteiger charge is -2.31. The molecule has 1 fully saturated rings. The van der Waals surface area contributed by atoms with Crippen LogP contribution < -0.4 is 104 Å². The van der Waals surface area contributed by atoms with Gasteiger partial charge in [0.1, 0.15) is 85.1 Å². The minimum absolute atomic E-state index is 0.00840. The molecule has 0 aliphatic carbocycles. The summed E-state index contributed by atoms with van der Waals surface area (Å²) >= 11 is 0. The SMILES string of the molecule is CC(C)C[C@H](NC(=O)[C@H](CCCCN)NC(=O)[C@@H](NC(=O)[C@H](CCC(=O)O)NC(=O)[C@H](CO)NC(=O)[C@H](CCC(=O)O)NC(=O)[C@H](CCCN=C(N)N)NC(=O)[C@@H](NC(=O)[C@H](CCC(=O)O)NC(=O)[C@@H](N)CC(N)=O)[C@@H](C)O)[C@@H](C)O)C(=O)N[C@@H](CCCCN)C(=O)N[C@@H](CCC(=O)O)C(=O)N[C@@H](CC(C)C)C(=O)N1CCC[C@H]1C(=O)NCC(=O)O. The van der Waals surface area contributed by atoms with Crippen LogP contribution in [0.3, 0.4) is 0 Å². The number of aliphatic hydroxyl groups is 3. The Morgan fingerprint density at radius 3 is 1.05 bits per heavy atom. The van der Waals surface area contributed by atoms with Crippen molar-refractivity contribution in [2.24, 2.45) is 51.2 Å². The number of amides is 15. The summed E-state index contributed by atoms with van der Waals surface area (Å²) < 4.78 is 0. The maximum atomic E-state index is 14.6. The first-order chi connectivity index (χ1) is 56.7. The number of carbonyl (C=O) groups is 20. The van der Waals surface area contributed by atoms with Gasteiger partial charge in [-0.05, 0) is 142 Å². The molecular formula is C72H123N21O28. The number of unbranched alkanes of at least 4 members (excludes halogenated alkanes) is 2. The number of carboxylic acids is 5. The molecule has 16 atom stereocenters. The first-order valence-electron chi connectivity index (χ1n) is 39.5. The Morgan fingerprint density at radius 1 is 0.397 bits per heavy atom. The van der Waals surface area contributed by atoms with Crippen LogP contribution in [-0.2, 0) is 95.9 Å². The molecular weight excluding hydrogens is 1610 g/mol. The molecule has 1 rings (SSSR count). The van der Waals surface area contributed by atoms with Crippen LogP contribution in [-0.4, -0.2) is 306 Å². The number of hydrogen-bond donors (Lipinski definition) is 27. The Hall–Kier alpha value is -11.6. The fraction of sp³-hybridized carbons (Fsp3) is 0.708. The summed E-state index contributed by atoms with van der Waals surface area (Å²) in [6, 6.07) is -24.4. The Labute approximate surface area is 696 Å². The maximum Gasteiger partial charge on any atom is 0.322 e. The van der Waals surface area contributed by atoms with E-state index in [9.17, 15) is 132 Å². The molecule has 0 bridgehead atoms. The van der Waals surface area contributed by atoms with E-state index in [-0.39, 0.29) is 89.9 Å². The number of aliphatic hydroxyl groups excluding tert-OH is 3. The van der Waals surface area contributed by atoms with Gasteiger partial charge in [0.05, 0.1) is 31.3 Å². The first kappa shape index (κ1) is 107. The molecule has 121 heavy (non-hydrogen) atoms. The molecule has 0 radical (unpaired) electrons. The second-order valence-electron chi connectivity index (χ2n) is 29.8. The zero-order valence-corrected chi connectivity index (χ0v) is 68.6. The average Bonchev–Trinajstić information content (AvgIpc) is 1.77. The van der Waals surface area contributed by atoms with Crippen LogP contribution in [0.15, 0.2) is 4.99 Å². The van der Waals surface area contributed by atoms with Crippen LogP contribution in [0.2, 0.25) is 0 Å². The summed E-state index contributed by atoms with van der Waals surface area (Å²) in [5.74, 6) is -25.6. The van der Waals surface area contributed by atoms with Crippen molar-refractivity contribution in [3.63, 3.8) is 0 Å². The van der Waals surface area contributed by atoms with Gasteiger partial charge in [0.2, 0.25) is 88.6 Å². The van der Waals surface area contributed by atoms with E-state index in [1.807, 2.05) is 0 Å². The molecule has 33 N–H and O–H groups in total. The van der Waals surface area contributed by atoms with Crippen molar-refractivity contribution in [3.8, 4) is 0 Å². The van der Waals surface area contributed by atoms with Crippen molar-refractivity contribution < 1.29 is 137 Å². The highest BCUT2D eigenvalue weighted by molar-refractivity contribution is 6.01. The number of rotatable bonds is 61. The molecule has 1 saturated heterocycles. The largest absolute Gasteiger partial charge is 0.481 e. The second kappa shape index (κ2) is 56.0. The van der Waals surface area contributed by atoms with Crippen LogP contribution in [0.1, 0.15) is 176 Å². The van der Waals surface area contributed by atoms with Crippen molar-refractivity contribution in [1.82, 2.24) is 74.0 Å². The molecule has 49 nitrogen and oxygen atoms in total. The lowest BCUT2D eigenvalue weighted by molar-refractivity contribution is -0.143. The summed E-state index contributed by atoms with van der Waals surface area (Å²) in [6.45, 7) is 6.73. The summed E-state index contributed by atoms with van der Waals surface area (Å²) in [6.07, 6.45) is -10.3. The molecule has 1 aliphatic heterocycles. The smallest absolute Gasteiger partial charge is 0.322 e. The van der Waals surface area contributed by atoms with E-state index in [0.717, 1.165) is 13.8 Å². The quantitative estimate of drug-likeness (QED) is 0.0153. The minimum atomic E-state index is -2.17. The minimum Gasteiger partial charge on any atom is -0.481 e. The van der Waals surface area contributed by atoms with Crippen LogP contribution in [0.5, 0.6) is 0 Å². The number of nitrogens with zero attached hydrogens (tertiary/aromatic N) is 2. The van der Waals surface area contributed by atoms with Crippen LogP contribution in [0.25, 0.3) is 0 Å². The highest BCUT2D eigenvalue weighted by atomic mass is 16.4. The van der Waals surface area contributed by atoms with E-state index in [4.69, 9.17) is 39.5 Å². The van der Waals surface area contributed by atoms with Gasteiger partial charge in [0.15, 0.2) is 5.96 Å². The molecule has 1 heterocycles. The number of nitrogens with two attached hydrogens (primary N) is 6. The number of carboxylic acid groups (broad SMARTS) is 5. The van der Waals surface area contributed by atoms with Gasteiger partial charge in [-0.2, -0.15) is 0 Å². The van der Waals surface area contributed by atoms with Gasteiger partial charge in [-0.15, -0.1) is 0 Å². The fourth-order valence-electron chi connectivity index (χ4n) is 12.2. The van der Waals surface area contributed by atoms with E-state index in [0.29, 0.717) is 12.8 Å². The molecule has 1 aliphatic rings. The molecule has 15 amide bonds. The van der Waals surface area contributed by atoms with Gasteiger partial charge >= 0.3 is 29.8 Å². The number of guanidine groups is 1. The summed E-state index contributed by atoms with van der Waals surface area (Å²) in [4.78, 5) is 271. The predicted molar refractivity (Wildman–Crippen MR) is 423 cm³/mol. The normalized spacial score (nSPS) is 16.1. The number of aliphatic imine (C=N–C) groups is 1. The van der Waals surface area contributed by atoms with E-state index in [2.05, 4.69) is 74.1 Å². The maximum absolute atomic E-state index is 14.6. The van der Waals surface area contributed by atoms with E-state index in [1.165, 1.54) is 4.90 Å². The van der Waals surface area contributed by atoms with Gasteiger partial charge in [0.25, 0.3) is 0 Å². The number of hydrogen-bond acceptors (Lipinski definition) is 27. The van der Waals surface area contributed by atoms with E-state index in [1.54, 1.807) is 27.7 Å². The third kappa shape index (κ3) is 42.3. The van der Waals surface area contributed by atoms with Gasteiger partial charge in [0, 0.05) is 38.8 Å². The van der Waals surface area contributed by atoms with Crippen molar-refractivity contribution in [1.29, 1.82) is 0 Å². The molecule has 0 aromatic rings. The monoisotopic (exact) mass is 1730 g/mol. The summed E-state index contributed by atoms with van der Waals surface area (Å²) in [5.41, 5.74) is 33.2. The fourth-order valence-corrected chi connectivity index (χ4v) is 12.2. The third-order valence-corrected chi connectivity index (χ3v) is 18.5. The standard InChI is InChI=1S/C72H123N21O28/c1-34(2)29-46(66(116)82-39(13-7-9-25-73)59(109)83-42(17-21-51(98)99)62(112)89-47(30-35(3)4)71(121)93-28-12-16-49(93)68(118)80-32-55(106)107)88-61(111)40(14-8-10-26-74)86-69(119)56(36(5)95)92-65(115)45(20-24-54(104)105)85-67(117)48(33-94)90-63(113)43(18-22-52(100)101)84-60(110)41(15-11-27-79-72(77)78)87-70(120)57(37(6)96)91-64(114)44(19-23-53(102)103)81-58(108)38(75)31-50(76)97/h34-49,56-57,94-96H,7-33,73-75H2,1-6H3,(H2,76,97)(H,80,118)(H,81,108)(H,82,116)(H,83,109)(H,84,110)(H,85,117)(H,86,119)(H,87,120)(H,88,111)(H,89,112)(H,90,113)(H,91,114)(H,92,115)(H,98,99)(H,100,101)(H,102,103)(H,104,105)(H,106,107)(H4,77,78,79)/t36-,37-,38+,39+,40+,41+,42+,43+,44+,45+,46+,47+,48+,49+,56+,57+/m1/s1. The third-order valence-electron chi connectivity index (χ3n) is 18.5. The van der Waals surface area contributed by atoms with Crippen LogP contribution >= 0.6 is 0 Å². The molecule has 0 spiro atoms. The molecule has 0 unspecified atom stereocenters. The summed E-state index contributed by atoms with van der Waals surface area (Å²) in [7, 11) is 0. The molecule has 49 heteroatoms. The van der Waals surface area contributed by atoms with Crippen molar-refractivity contribution in [2.75, 3.05) is 39.3 Å². The highest BCUT2D eigenvalue weighted by Crippen LogP contribution is 2.22. The van der Waals surface area contributed by atoms with E-state index >= 15 is 0 Å². The second-order valence-corrected chi connectivity index (χ2v) is 29.8. The van der Waals surface area contributed by atoms with Gasteiger partial charge in [-0.3, -0.25) is 101 Å². The summed E-state index contributed by atoms with van der Waals surface area (Å²) in [5, 5.41) is 110. The highest BCUT2D eigenvalue weighted by Gasteiger charge is 2.42. The van der Waals surface area contributed by atoms with Gasteiger partial charge in [-0.1, -0.05) is 27.7 Å². The number of likely N-dealkylation sites (tertiary alicyclic amines) is 1. The zero-order chi connectivity index (χ0) is 92.1. The van der Waals surface area contributed by atoms with Crippen molar-refractivity contribution in [2.45, 2.75) is 273 Å². The Balaban J connectivity index is 3.72. The van der Waals surface area contributed by atoms with Crippen LogP contribution in [0, 0.1) is 11.8 Å². The number of carbonyl (C=O) groups excluding carboxylic acids is 15. The molecule has 684 valence electrons. The lowest BCUT2D eigenvalue weighted by Crippen LogP contribution is -2.62. The molecule has 0 aromatic carbocycles. The Morgan fingerprint density at radius 2 is 0.711 bits per heavy atom. The average molecular weight is 1730 g/mol. The Kier molecular flexibility index (Phi) is 49.8. The Bertz CT molecular complexity index is 3580. The lowest BCUT2D eigenvalue weighted by atomic mass is 10.00. The van der Waals surface area contributed by atoms with Gasteiger partial charge in [-0.25, -0.2) is 0 Å². The molecule has 0 aromatic heterocycles. The number of aliphatic carboxylic acids is 5. The van der Waals surface area contributed by atoms with E-state index < -0.39 is 304 Å². The topological polar surface area (TPSA) is 831 Å². The number of primary amides is 1. The zero-order valence-electron chi connectivity index (χ0n) is 68.6.